The molecule has 2 aromatic rings. The number of carbonyl (C=O) groups excluding carboxylic acids is 1. The SMILES string of the molecule is C[C@]1(c2cc(NC(=O)c3ccc(C#CC4CC4)cn3)ccc2F)N=C(N)OCC1(F)F. The average Bonchev–Trinajstić information content (AvgIpc) is 3.56. The number of rotatable bonds is 3. The first-order valence-electron chi connectivity index (χ1n) is 9.63. The lowest BCUT2D eigenvalue weighted by Crippen LogP contribution is -2.51. The van der Waals surface area contributed by atoms with Crippen LogP contribution < -0.4 is 11.1 Å². The summed E-state index contributed by atoms with van der Waals surface area (Å²) in [5, 5.41) is 2.54. The molecule has 31 heavy (non-hydrogen) atoms. The summed E-state index contributed by atoms with van der Waals surface area (Å²) in [7, 11) is 0. The van der Waals surface area contributed by atoms with E-state index in [1.54, 1.807) is 6.07 Å². The largest absolute Gasteiger partial charge is 0.459 e. The summed E-state index contributed by atoms with van der Waals surface area (Å²) < 4.78 is 48.2. The van der Waals surface area contributed by atoms with Gasteiger partial charge in [0, 0.05) is 28.9 Å². The van der Waals surface area contributed by atoms with Gasteiger partial charge in [-0.25, -0.2) is 14.4 Å². The molecule has 160 valence electrons. The molecule has 1 fully saturated rings. The highest BCUT2D eigenvalue weighted by Crippen LogP contribution is 2.44. The summed E-state index contributed by atoms with van der Waals surface area (Å²) in [6, 6.07) is 6.08. The van der Waals surface area contributed by atoms with Crippen LogP contribution in [-0.2, 0) is 10.3 Å². The van der Waals surface area contributed by atoms with Gasteiger partial charge in [0.05, 0.1) is 0 Å². The summed E-state index contributed by atoms with van der Waals surface area (Å²) in [5.74, 6) is 1.54. The molecule has 1 aromatic heterocycles. The molecule has 0 unspecified atom stereocenters. The monoisotopic (exact) mass is 428 g/mol. The number of hydrogen-bond acceptors (Lipinski definition) is 5. The Labute approximate surface area is 176 Å². The zero-order chi connectivity index (χ0) is 22.2. The predicted molar refractivity (Wildman–Crippen MR) is 108 cm³/mol. The molecule has 0 bridgehead atoms. The Morgan fingerprint density at radius 3 is 2.74 bits per heavy atom. The minimum Gasteiger partial charge on any atom is -0.459 e. The van der Waals surface area contributed by atoms with Crippen LogP contribution in [0, 0.1) is 23.6 Å². The number of benzene rings is 1. The molecule has 0 saturated heterocycles. The molecule has 4 rings (SSSR count). The zero-order valence-electron chi connectivity index (χ0n) is 16.6. The Balaban J connectivity index is 1.56. The number of nitrogens with zero attached hydrogens (tertiary/aromatic N) is 2. The molecule has 2 heterocycles. The number of anilines is 1. The summed E-state index contributed by atoms with van der Waals surface area (Å²) in [4.78, 5) is 20.3. The van der Waals surface area contributed by atoms with Gasteiger partial charge in [0.15, 0.2) is 12.1 Å². The molecule has 1 amide bonds. The molecule has 3 N–H and O–H groups in total. The van der Waals surface area contributed by atoms with Gasteiger partial charge in [0.2, 0.25) is 0 Å². The van der Waals surface area contributed by atoms with Gasteiger partial charge in [-0.3, -0.25) is 4.79 Å². The van der Waals surface area contributed by atoms with Gasteiger partial charge in [-0.15, -0.1) is 0 Å². The molecule has 6 nitrogen and oxygen atoms in total. The van der Waals surface area contributed by atoms with Crippen molar-refractivity contribution in [2.75, 3.05) is 11.9 Å². The third-order valence-electron chi connectivity index (χ3n) is 5.19. The van der Waals surface area contributed by atoms with E-state index in [1.165, 1.54) is 18.3 Å². The fourth-order valence-electron chi connectivity index (χ4n) is 3.08. The number of nitrogens with one attached hydrogen (secondary N) is 1. The number of hydrogen-bond donors (Lipinski definition) is 2. The number of pyridine rings is 1. The van der Waals surface area contributed by atoms with Crippen molar-refractivity contribution >= 4 is 17.6 Å². The van der Waals surface area contributed by atoms with Crippen LogP contribution in [0.1, 0.15) is 41.4 Å². The first-order valence-corrected chi connectivity index (χ1v) is 9.63. The maximum absolute atomic E-state index is 14.5. The second-order valence-corrected chi connectivity index (χ2v) is 7.64. The second kappa shape index (κ2) is 7.61. The molecule has 1 saturated carbocycles. The van der Waals surface area contributed by atoms with Crippen LogP contribution in [0.3, 0.4) is 0 Å². The smallest absolute Gasteiger partial charge is 0.310 e. The third kappa shape index (κ3) is 4.19. The molecule has 1 aliphatic heterocycles. The van der Waals surface area contributed by atoms with E-state index in [2.05, 4.69) is 31.9 Å². The topological polar surface area (TPSA) is 89.6 Å². The van der Waals surface area contributed by atoms with Crippen LogP contribution >= 0.6 is 0 Å². The number of carbonyl (C=O) groups is 1. The van der Waals surface area contributed by atoms with Gasteiger partial charge in [0.25, 0.3) is 11.9 Å². The number of amidine groups is 1. The Hall–Kier alpha value is -3.54. The molecule has 1 aromatic carbocycles. The highest BCUT2D eigenvalue weighted by molar-refractivity contribution is 6.02. The van der Waals surface area contributed by atoms with Crippen molar-refractivity contribution < 1.29 is 22.7 Å². The molecule has 1 atom stereocenters. The fourth-order valence-corrected chi connectivity index (χ4v) is 3.08. The minimum absolute atomic E-state index is 0.104. The highest BCUT2D eigenvalue weighted by Gasteiger charge is 2.56. The van der Waals surface area contributed by atoms with Crippen LogP contribution in [0.5, 0.6) is 0 Å². The lowest BCUT2D eigenvalue weighted by molar-refractivity contribution is -0.117. The van der Waals surface area contributed by atoms with Gasteiger partial charge in [-0.1, -0.05) is 11.8 Å². The Morgan fingerprint density at radius 1 is 1.29 bits per heavy atom. The third-order valence-corrected chi connectivity index (χ3v) is 5.19. The Bertz CT molecular complexity index is 1120. The van der Waals surface area contributed by atoms with Crippen LogP contribution in [0.2, 0.25) is 0 Å². The standard InChI is InChI=1S/C22H19F3N4O2/c1-21(22(24,25)12-31-20(26)29-21)16-10-15(7-8-17(16)23)28-19(30)18-9-6-14(11-27-18)5-4-13-2-3-13/h6-11,13H,2-3,12H2,1H3,(H2,26,29)(H,28,30)/t21-/m1/s1. The van der Waals surface area contributed by atoms with Crippen molar-refractivity contribution in [3.63, 3.8) is 0 Å². The maximum Gasteiger partial charge on any atom is 0.310 e. The maximum atomic E-state index is 14.5. The number of amides is 1. The lowest BCUT2D eigenvalue weighted by Gasteiger charge is -2.37. The fraction of sp³-hybridized carbons (Fsp3) is 0.318. The van der Waals surface area contributed by atoms with Gasteiger partial charge >= 0.3 is 5.92 Å². The van der Waals surface area contributed by atoms with Crippen molar-refractivity contribution in [3.8, 4) is 11.8 Å². The van der Waals surface area contributed by atoms with Gasteiger partial charge in [-0.05, 0) is 50.1 Å². The molecule has 2 aliphatic rings. The number of alkyl halides is 2. The first-order chi connectivity index (χ1) is 14.7. The van der Waals surface area contributed by atoms with Crippen LogP contribution in [0.4, 0.5) is 18.9 Å². The van der Waals surface area contributed by atoms with E-state index < -0.39 is 41.4 Å². The van der Waals surface area contributed by atoms with Crippen molar-refractivity contribution in [3.05, 3.63) is 59.2 Å². The number of halogens is 3. The van der Waals surface area contributed by atoms with Crippen LogP contribution in [-0.4, -0.2) is 29.4 Å². The molecular formula is C22H19F3N4O2. The minimum atomic E-state index is -3.52. The van der Waals surface area contributed by atoms with Crippen LogP contribution in [0.15, 0.2) is 41.5 Å². The summed E-state index contributed by atoms with van der Waals surface area (Å²) in [6.45, 7) is 0.0319. The average molecular weight is 428 g/mol. The van der Waals surface area contributed by atoms with E-state index >= 15 is 0 Å². The number of ether oxygens (including phenoxy) is 1. The first kappa shape index (κ1) is 20.7. The Morgan fingerprint density at radius 2 is 2.06 bits per heavy atom. The number of aliphatic imine (C=N–C) groups is 1. The van der Waals surface area contributed by atoms with Crippen molar-refractivity contribution in [2.24, 2.45) is 16.6 Å². The van der Waals surface area contributed by atoms with E-state index in [-0.39, 0.29) is 11.4 Å². The van der Waals surface area contributed by atoms with E-state index in [4.69, 9.17) is 5.73 Å². The summed E-state index contributed by atoms with van der Waals surface area (Å²) >= 11 is 0. The van der Waals surface area contributed by atoms with Gasteiger partial charge < -0.3 is 15.8 Å². The van der Waals surface area contributed by atoms with Gasteiger partial charge in [-0.2, -0.15) is 8.78 Å². The molecule has 0 radical (unpaired) electrons. The Kier molecular flexibility index (Phi) is 5.09. The van der Waals surface area contributed by atoms with Gasteiger partial charge in [0.1, 0.15) is 11.5 Å². The quantitative estimate of drug-likeness (QED) is 0.733. The predicted octanol–water partition coefficient (Wildman–Crippen LogP) is 3.43. The molecule has 9 heteroatoms. The summed E-state index contributed by atoms with van der Waals surface area (Å²) in [5.41, 5.74) is 3.65. The molecule has 1 aliphatic carbocycles. The highest BCUT2D eigenvalue weighted by atomic mass is 19.3. The van der Waals surface area contributed by atoms with E-state index in [0.717, 1.165) is 31.9 Å². The van der Waals surface area contributed by atoms with Crippen LogP contribution in [0.25, 0.3) is 0 Å². The van der Waals surface area contributed by atoms with E-state index in [9.17, 15) is 18.0 Å². The molecule has 0 spiro atoms. The van der Waals surface area contributed by atoms with Crippen molar-refractivity contribution in [2.45, 2.75) is 31.2 Å². The van der Waals surface area contributed by atoms with Crippen molar-refractivity contribution in [1.82, 2.24) is 4.98 Å². The zero-order valence-corrected chi connectivity index (χ0v) is 16.6. The lowest BCUT2D eigenvalue weighted by atomic mass is 9.85. The van der Waals surface area contributed by atoms with Crippen molar-refractivity contribution in [1.29, 1.82) is 0 Å². The molecular weight excluding hydrogens is 409 g/mol. The number of aromatic nitrogens is 1. The summed E-state index contributed by atoms with van der Waals surface area (Å²) in [6.07, 6.45) is 3.70. The van der Waals surface area contributed by atoms with E-state index in [0.29, 0.717) is 11.5 Å². The number of nitrogens with two attached hydrogens (primary N) is 1. The van der Waals surface area contributed by atoms with E-state index in [1.807, 2.05) is 0 Å². The second-order valence-electron chi connectivity index (χ2n) is 7.64. The normalized spacial score (nSPS) is 21.9.